The lowest BCUT2D eigenvalue weighted by molar-refractivity contribution is 0.102. The van der Waals surface area contributed by atoms with Crippen molar-refractivity contribution >= 4 is 17.4 Å². The number of amidine groups is 1. The maximum absolute atomic E-state index is 14.4. The lowest BCUT2D eigenvalue weighted by Crippen LogP contribution is -2.26. The van der Waals surface area contributed by atoms with Crippen LogP contribution >= 0.6 is 0 Å². The molecule has 0 radical (unpaired) electrons. The lowest BCUT2D eigenvalue weighted by atomic mass is 9.88. The smallest absolute Gasteiger partial charge is 0.274 e. The third-order valence-electron chi connectivity index (χ3n) is 4.14. The fourth-order valence-electron chi connectivity index (χ4n) is 2.77. The van der Waals surface area contributed by atoms with Crippen molar-refractivity contribution in [1.82, 2.24) is 4.98 Å². The van der Waals surface area contributed by atoms with Crippen molar-refractivity contribution in [1.29, 1.82) is 0 Å². The van der Waals surface area contributed by atoms with Gasteiger partial charge in [-0.05, 0) is 43.7 Å². The number of hydrogen-bond acceptors (Lipinski definition) is 5. The van der Waals surface area contributed by atoms with Gasteiger partial charge in [0.1, 0.15) is 29.8 Å². The molecule has 1 atom stereocenters. The van der Waals surface area contributed by atoms with Crippen LogP contribution in [-0.2, 0) is 10.3 Å². The van der Waals surface area contributed by atoms with Gasteiger partial charge in [0.15, 0.2) is 0 Å². The van der Waals surface area contributed by atoms with E-state index >= 15 is 0 Å². The number of rotatable bonds is 3. The first-order chi connectivity index (χ1) is 12.4. The zero-order valence-corrected chi connectivity index (χ0v) is 14.1. The van der Waals surface area contributed by atoms with E-state index in [2.05, 4.69) is 15.3 Å². The van der Waals surface area contributed by atoms with Crippen LogP contribution in [0.2, 0.25) is 0 Å². The molecule has 1 aromatic carbocycles. The summed E-state index contributed by atoms with van der Waals surface area (Å²) in [4.78, 5) is 20.3. The Hall–Kier alpha value is -2.87. The summed E-state index contributed by atoms with van der Waals surface area (Å²) in [5, 5.41) is 2.63. The van der Waals surface area contributed by atoms with E-state index in [1.54, 1.807) is 6.92 Å². The number of halogens is 2. The Balaban J connectivity index is 1.89. The maximum Gasteiger partial charge on any atom is 0.274 e. The quantitative estimate of drug-likeness (QED) is 0.880. The largest absolute Gasteiger partial charge is 0.386 e. The molecule has 0 spiro atoms. The summed E-state index contributed by atoms with van der Waals surface area (Å²) in [5.41, 5.74) is 5.62. The van der Waals surface area contributed by atoms with Gasteiger partial charge in [0.2, 0.25) is 0 Å². The minimum absolute atomic E-state index is 0.0496. The van der Waals surface area contributed by atoms with E-state index in [1.807, 2.05) is 0 Å². The zero-order valence-electron chi connectivity index (χ0n) is 14.1. The molecule has 2 aromatic rings. The molecule has 1 aliphatic heterocycles. The number of nitrogens with two attached hydrogens (primary N) is 1. The molecule has 1 aliphatic rings. The van der Waals surface area contributed by atoms with Gasteiger partial charge in [0.25, 0.3) is 5.91 Å². The summed E-state index contributed by atoms with van der Waals surface area (Å²) >= 11 is 0. The van der Waals surface area contributed by atoms with Crippen LogP contribution in [0.5, 0.6) is 0 Å². The monoisotopic (exact) mass is 360 g/mol. The fourth-order valence-corrected chi connectivity index (χ4v) is 2.77. The first-order valence-electron chi connectivity index (χ1n) is 8.02. The molecule has 0 fully saturated rings. The van der Waals surface area contributed by atoms with Gasteiger partial charge in [-0.15, -0.1) is 0 Å². The topological polar surface area (TPSA) is 89.6 Å². The van der Waals surface area contributed by atoms with E-state index in [0.29, 0.717) is 24.3 Å². The van der Waals surface area contributed by atoms with E-state index in [-0.39, 0.29) is 18.1 Å². The van der Waals surface area contributed by atoms with Gasteiger partial charge in [-0.3, -0.25) is 9.79 Å². The third-order valence-corrected chi connectivity index (χ3v) is 4.14. The summed E-state index contributed by atoms with van der Waals surface area (Å²) in [6.07, 6.45) is 1.40. The Morgan fingerprint density at radius 2 is 2.12 bits per heavy atom. The SMILES string of the molecule is C[C@@]1(c2cc(NC(=O)c3ccc(F)cn3)ccc2F)CCOCC(N)=N1. The number of amides is 1. The normalized spacial score (nSPS) is 20.2. The number of hydrogen-bond donors (Lipinski definition) is 2. The molecule has 0 unspecified atom stereocenters. The van der Waals surface area contributed by atoms with Crippen LogP contribution in [-0.4, -0.2) is 29.9 Å². The van der Waals surface area contributed by atoms with Gasteiger partial charge in [0, 0.05) is 17.9 Å². The van der Waals surface area contributed by atoms with Crippen molar-refractivity contribution < 1.29 is 18.3 Å². The van der Waals surface area contributed by atoms with E-state index in [0.717, 1.165) is 12.3 Å². The van der Waals surface area contributed by atoms with Crippen molar-refractivity contribution in [3.8, 4) is 0 Å². The Bertz CT molecular complexity index is 855. The molecule has 26 heavy (non-hydrogen) atoms. The molecule has 8 heteroatoms. The standard InChI is InChI=1S/C18H18F2N4O2/c1-18(6-7-26-10-16(21)24-18)13-8-12(3-4-14(13)20)23-17(25)15-5-2-11(19)9-22-15/h2-5,8-9H,6-7,10H2,1H3,(H2,21,24)(H,23,25)/t18-/m0/s1. The number of nitrogens with one attached hydrogen (secondary N) is 1. The van der Waals surface area contributed by atoms with E-state index in [4.69, 9.17) is 10.5 Å². The van der Waals surface area contributed by atoms with Gasteiger partial charge in [-0.1, -0.05) is 0 Å². The Labute approximate surface area is 149 Å². The highest BCUT2D eigenvalue weighted by Gasteiger charge is 2.31. The van der Waals surface area contributed by atoms with Gasteiger partial charge >= 0.3 is 0 Å². The predicted molar refractivity (Wildman–Crippen MR) is 93.0 cm³/mol. The summed E-state index contributed by atoms with van der Waals surface area (Å²) in [5.74, 6) is -1.23. The molecule has 0 saturated carbocycles. The van der Waals surface area contributed by atoms with Crippen molar-refractivity contribution in [2.24, 2.45) is 10.7 Å². The van der Waals surface area contributed by atoms with Crippen LogP contribution in [0.1, 0.15) is 29.4 Å². The number of benzene rings is 1. The molecule has 1 aromatic heterocycles. The molecule has 1 amide bonds. The average Bonchev–Trinajstić information content (AvgIpc) is 2.78. The number of anilines is 1. The number of pyridine rings is 1. The highest BCUT2D eigenvalue weighted by Crippen LogP contribution is 2.34. The molecular weight excluding hydrogens is 342 g/mol. The molecular formula is C18H18F2N4O2. The molecule has 0 aliphatic carbocycles. The number of carbonyl (C=O) groups excluding carboxylic acids is 1. The summed E-state index contributed by atoms with van der Waals surface area (Å²) in [6.45, 7) is 2.35. The highest BCUT2D eigenvalue weighted by molar-refractivity contribution is 6.02. The number of ether oxygens (including phenoxy) is 1. The fraction of sp³-hybridized carbons (Fsp3) is 0.278. The van der Waals surface area contributed by atoms with Crippen LogP contribution in [0.3, 0.4) is 0 Å². The second-order valence-electron chi connectivity index (χ2n) is 6.19. The molecule has 0 saturated heterocycles. The summed E-state index contributed by atoms with van der Waals surface area (Å²) in [6, 6.07) is 6.61. The number of carbonyl (C=O) groups is 1. The van der Waals surface area contributed by atoms with E-state index in [9.17, 15) is 13.6 Å². The molecule has 0 bridgehead atoms. The minimum Gasteiger partial charge on any atom is -0.386 e. The maximum atomic E-state index is 14.4. The van der Waals surface area contributed by atoms with Crippen molar-refractivity contribution in [3.05, 3.63) is 59.4 Å². The summed E-state index contributed by atoms with van der Waals surface area (Å²) in [7, 11) is 0. The first kappa shape index (κ1) is 17.9. The molecule has 2 heterocycles. The van der Waals surface area contributed by atoms with Crippen LogP contribution in [0.25, 0.3) is 0 Å². The molecule has 3 N–H and O–H groups in total. The average molecular weight is 360 g/mol. The molecule has 3 rings (SSSR count). The number of nitrogens with zero attached hydrogens (tertiary/aromatic N) is 2. The van der Waals surface area contributed by atoms with Crippen LogP contribution in [0, 0.1) is 11.6 Å². The Kier molecular flexibility index (Phi) is 4.94. The van der Waals surface area contributed by atoms with E-state index < -0.39 is 23.1 Å². The van der Waals surface area contributed by atoms with Crippen LogP contribution in [0.15, 0.2) is 41.5 Å². The van der Waals surface area contributed by atoms with Gasteiger partial charge in [0.05, 0.1) is 11.7 Å². The zero-order chi connectivity index (χ0) is 18.7. The number of aliphatic imine (C=N–C) groups is 1. The highest BCUT2D eigenvalue weighted by atomic mass is 19.1. The van der Waals surface area contributed by atoms with Crippen molar-refractivity contribution in [3.63, 3.8) is 0 Å². The second-order valence-corrected chi connectivity index (χ2v) is 6.19. The predicted octanol–water partition coefficient (Wildman–Crippen LogP) is 2.60. The van der Waals surface area contributed by atoms with Crippen molar-refractivity contribution in [2.45, 2.75) is 18.9 Å². The van der Waals surface area contributed by atoms with Gasteiger partial charge < -0.3 is 15.8 Å². The van der Waals surface area contributed by atoms with Gasteiger partial charge in [-0.2, -0.15) is 0 Å². The number of aromatic nitrogens is 1. The first-order valence-corrected chi connectivity index (χ1v) is 8.02. The second kappa shape index (κ2) is 7.17. The Morgan fingerprint density at radius 3 is 2.85 bits per heavy atom. The van der Waals surface area contributed by atoms with Crippen LogP contribution < -0.4 is 11.1 Å². The lowest BCUT2D eigenvalue weighted by Gasteiger charge is -2.25. The van der Waals surface area contributed by atoms with Crippen molar-refractivity contribution in [2.75, 3.05) is 18.5 Å². The van der Waals surface area contributed by atoms with Crippen LogP contribution in [0.4, 0.5) is 14.5 Å². The van der Waals surface area contributed by atoms with Gasteiger partial charge in [-0.25, -0.2) is 13.8 Å². The molecule has 136 valence electrons. The minimum atomic E-state index is -0.903. The Morgan fingerprint density at radius 1 is 1.31 bits per heavy atom. The summed E-state index contributed by atoms with van der Waals surface area (Å²) < 4.78 is 32.7. The molecule has 6 nitrogen and oxygen atoms in total. The van der Waals surface area contributed by atoms with E-state index in [1.165, 1.54) is 24.3 Å². The third kappa shape index (κ3) is 3.85.